The van der Waals surface area contributed by atoms with Gasteiger partial charge >= 0.3 is 5.76 Å². The molecule has 8 nitrogen and oxygen atoms in total. The molecule has 0 aliphatic carbocycles. The molecule has 0 aromatic carbocycles. The first-order valence-corrected chi connectivity index (χ1v) is 6.99. The summed E-state index contributed by atoms with van der Waals surface area (Å²) in [5.74, 6) is -0.0800. The first kappa shape index (κ1) is 12.8. The maximum atomic E-state index is 12.6. The van der Waals surface area contributed by atoms with Gasteiger partial charge in [-0.15, -0.1) is 0 Å². The molecular weight excluding hydrogens is 286 g/mol. The number of hydrogen-bond donors (Lipinski definition) is 1. The minimum absolute atomic E-state index is 0.00842. The molecular formula is C14H13N5O3. The number of aromatic amines is 1. The molecule has 0 bridgehead atoms. The van der Waals surface area contributed by atoms with Gasteiger partial charge in [0.25, 0.3) is 5.91 Å². The highest BCUT2D eigenvalue weighted by atomic mass is 16.5. The molecule has 3 aromatic rings. The summed E-state index contributed by atoms with van der Waals surface area (Å²) in [6.45, 7) is 1.15. The summed E-state index contributed by atoms with van der Waals surface area (Å²) in [7, 11) is 0. The molecule has 1 unspecified atom stereocenters. The third-order valence-electron chi connectivity index (χ3n) is 3.97. The summed E-state index contributed by atoms with van der Waals surface area (Å²) < 4.78 is 6.23. The van der Waals surface area contributed by atoms with E-state index in [2.05, 4.69) is 19.8 Å². The van der Waals surface area contributed by atoms with Crippen LogP contribution in [0.3, 0.4) is 0 Å². The fourth-order valence-corrected chi connectivity index (χ4v) is 2.82. The molecule has 0 radical (unpaired) electrons. The van der Waals surface area contributed by atoms with Gasteiger partial charge < -0.3 is 4.90 Å². The molecule has 1 amide bonds. The normalized spacial score (nSPS) is 18.2. The monoisotopic (exact) mass is 299 g/mol. The Bertz CT molecular complexity index is 893. The van der Waals surface area contributed by atoms with Gasteiger partial charge in [-0.1, -0.05) is 5.16 Å². The van der Waals surface area contributed by atoms with Crippen LogP contribution < -0.4 is 5.76 Å². The standard InChI is InChI=1S/C14H13N5O3/c20-13(9-3-6-19-11(7-9)1-4-15-19)18-5-2-10(8-18)12-16-14(21)22-17-12/h1,3-4,6-7,10H,2,5,8H2,(H,16,17,21). The lowest BCUT2D eigenvalue weighted by Gasteiger charge is -2.16. The Hall–Kier alpha value is -2.90. The lowest BCUT2D eigenvalue weighted by atomic mass is 10.1. The van der Waals surface area contributed by atoms with E-state index in [-0.39, 0.29) is 11.8 Å². The Balaban J connectivity index is 1.54. The largest absolute Gasteiger partial charge is 0.438 e. The van der Waals surface area contributed by atoms with E-state index in [9.17, 15) is 9.59 Å². The summed E-state index contributed by atoms with van der Waals surface area (Å²) >= 11 is 0. The van der Waals surface area contributed by atoms with Crippen LogP contribution in [0.15, 0.2) is 39.9 Å². The Morgan fingerprint density at radius 2 is 2.32 bits per heavy atom. The third-order valence-corrected chi connectivity index (χ3v) is 3.97. The molecule has 1 atom stereocenters. The van der Waals surface area contributed by atoms with E-state index < -0.39 is 5.76 Å². The Kier molecular flexibility index (Phi) is 2.81. The molecule has 8 heteroatoms. The number of pyridine rings is 1. The van der Waals surface area contributed by atoms with Crippen LogP contribution in [-0.2, 0) is 0 Å². The van der Waals surface area contributed by atoms with Gasteiger partial charge in [0.05, 0.1) is 5.52 Å². The molecule has 22 heavy (non-hydrogen) atoms. The minimum Gasteiger partial charge on any atom is -0.338 e. The highest BCUT2D eigenvalue weighted by Gasteiger charge is 2.30. The number of nitrogens with one attached hydrogen (secondary N) is 1. The van der Waals surface area contributed by atoms with E-state index >= 15 is 0 Å². The van der Waals surface area contributed by atoms with Gasteiger partial charge in [0.15, 0.2) is 5.82 Å². The zero-order chi connectivity index (χ0) is 15.1. The van der Waals surface area contributed by atoms with Crippen LogP contribution in [0.5, 0.6) is 0 Å². The van der Waals surface area contributed by atoms with Crippen LogP contribution in [0.2, 0.25) is 0 Å². The average molecular weight is 299 g/mol. The van der Waals surface area contributed by atoms with E-state index in [1.54, 1.807) is 27.9 Å². The van der Waals surface area contributed by atoms with Gasteiger partial charge in [-0.05, 0) is 24.6 Å². The van der Waals surface area contributed by atoms with Crippen molar-refractivity contribution in [2.24, 2.45) is 0 Å². The second kappa shape index (κ2) is 4.83. The highest BCUT2D eigenvalue weighted by Crippen LogP contribution is 2.25. The van der Waals surface area contributed by atoms with Gasteiger partial charge in [-0.3, -0.25) is 14.3 Å². The number of carbonyl (C=O) groups is 1. The number of fused-ring (bicyclic) bond motifs is 1. The van der Waals surface area contributed by atoms with E-state index in [1.165, 1.54) is 0 Å². The fourth-order valence-electron chi connectivity index (χ4n) is 2.82. The summed E-state index contributed by atoms with van der Waals surface area (Å²) in [5, 5.41) is 7.82. The molecule has 1 fully saturated rings. The fraction of sp³-hybridized carbons (Fsp3) is 0.286. The summed E-state index contributed by atoms with van der Waals surface area (Å²) in [6, 6.07) is 5.43. The topological polar surface area (TPSA) is 96.5 Å². The molecule has 1 N–H and O–H groups in total. The van der Waals surface area contributed by atoms with Crippen molar-refractivity contribution >= 4 is 11.4 Å². The van der Waals surface area contributed by atoms with Gasteiger partial charge in [0, 0.05) is 37.0 Å². The second-order valence-corrected chi connectivity index (χ2v) is 5.33. The first-order valence-electron chi connectivity index (χ1n) is 6.99. The Morgan fingerprint density at radius 1 is 1.41 bits per heavy atom. The quantitative estimate of drug-likeness (QED) is 0.749. The summed E-state index contributed by atoms with van der Waals surface area (Å²) in [5.41, 5.74) is 1.50. The van der Waals surface area contributed by atoms with E-state index in [1.807, 2.05) is 12.1 Å². The lowest BCUT2D eigenvalue weighted by molar-refractivity contribution is 0.0790. The molecule has 4 rings (SSSR count). The van der Waals surface area contributed by atoms with E-state index in [0.717, 1.165) is 11.9 Å². The number of likely N-dealkylation sites (tertiary alicyclic amines) is 1. The van der Waals surface area contributed by atoms with E-state index in [4.69, 9.17) is 0 Å². The third kappa shape index (κ3) is 2.09. The second-order valence-electron chi connectivity index (χ2n) is 5.33. The summed E-state index contributed by atoms with van der Waals surface area (Å²) in [6.07, 6.45) is 4.21. The van der Waals surface area contributed by atoms with Crippen molar-refractivity contribution < 1.29 is 9.32 Å². The summed E-state index contributed by atoms with van der Waals surface area (Å²) in [4.78, 5) is 27.9. The first-order chi connectivity index (χ1) is 10.7. The molecule has 1 aliphatic rings. The van der Waals surface area contributed by atoms with Gasteiger partial charge in [0.2, 0.25) is 0 Å². The van der Waals surface area contributed by atoms with Crippen molar-refractivity contribution in [2.75, 3.05) is 13.1 Å². The Morgan fingerprint density at radius 3 is 3.14 bits per heavy atom. The molecule has 0 spiro atoms. The van der Waals surface area contributed by atoms with Gasteiger partial charge in [0.1, 0.15) is 0 Å². The van der Waals surface area contributed by atoms with Crippen LogP contribution in [0.25, 0.3) is 5.52 Å². The van der Waals surface area contributed by atoms with Crippen LogP contribution in [0.1, 0.15) is 28.5 Å². The number of rotatable bonds is 2. The van der Waals surface area contributed by atoms with Crippen LogP contribution >= 0.6 is 0 Å². The maximum absolute atomic E-state index is 12.6. The van der Waals surface area contributed by atoms with Crippen molar-refractivity contribution in [3.05, 3.63) is 52.5 Å². The zero-order valence-corrected chi connectivity index (χ0v) is 11.6. The highest BCUT2D eigenvalue weighted by molar-refractivity contribution is 5.95. The molecule has 1 aliphatic heterocycles. The molecule has 1 saturated heterocycles. The van der Waals surface area contributed by atoms with Crippen molar-refractivity contribution in [3.63, 3.8) is 0 Å². The number of hydrogen-bond acceptors (Lipinski definition) is 5. The molecule has 3 aromatic heterocycles. The van der Waals surface area contributed by atoms with Crippen molar-refractivity contribution in [1.29, 1.82) is 0 Å². The number of nitrogens with zero attached hydrogens (tertiary/aromatic N) is 4. The van der Waals surface area contributed by atoms with Crippen molar-refractivity contribution in [1.82, 2.24) is 24.7 Å². The average Bonchev–Trinajstić information content (AvgIpc) is 3.25. The Labute approximate surface area is 124 Å². The van der Waals surface area contributed by atoms with Crippen molar-refractivity contribution in [3.8, 4) is 0 Å². The molecule has 0 saturated carbocycles. The van der Waals surface area contributed by atoms with Crippen LogP contribution in [-0.4, -0.2) is 43.7 Å². The molecule has 112 valence electrons. The molecule has 4 heterocycles. The lowest BCUT2D eigenvalue weighted by Crippen LogP contribution is -2.28. The minimum atomic E-state index is -0.564. The zero-order valence-electron chi connectivity index (χ0n) is 11.6. The predicted molar refractivity (Wildman–Crippen MR) is 75.6 cm³/mol. The number of H-pyrrole nitrogens is 1. The predicted octanol–water partition coefficient (Wildman–Crippen LogP) is 0.640. The van der Waals surface area contributed by atoms with Gasteiger partial charge in [-0.2, -0.15) is 5.10 Å². The number of aromatic nitrogens is 4. The SMILES string of the molecule is O=C(c1ccn2nccc2c1)N1CCC(c2noc(=O)[nH]2)C1. The number of amides is 1. The smallest absolute Gasteiger partial charge is 0.338 e. The van der Waals surface area contributed by atoms with Crippen molar-refractivity contribution in [2.45, 2.75) is 12.3 Å². The van der Waals surface area contributed by atoms with E-state index in [0.29, 0.717) is 24.5 Å². The number of carbonyl (C=O) groups excluding carboxylic acids is 1. The van der Waals surface area contributed by atoms with Crippen LogP contribution in [0, 0.1) is 0 Å². The maximum Gasteiger partial charge on any atom is 0.438 e. The van der Waals surface area contributed by atoms with Crippen LogP contribution in [0.4, 0.5) is 0 Å². The van der Waals surface area contributed by atoms with Gasteiger partial charge in [-0.25, -0.2) is 9.31 Å².